The molecule has 1 aliphatic heterocycles. The van der Waals surface area contributed by atoms with Gasteiger partial charge in [0, 0.05) is 43.8 Å². The predicted molar refractivity (Wildman–Crippen MR) is 111 cm³/mol. The maximum absolute atomic E-state index is 12.9. The van der Waals surface area contributed by atoms with Gasteiger partial charge in [-0.15, -0.1) is 0 Å². The number of likely N-dealkylation sites (tertiary alicyclic amines) is 1. The topological polar surface area (TPSA) is 89.1 Å². The van der Waals surface area contributed by atoms with E-state index in [9.17, 15) is 9.59 Å². The summed E-state index contributed by atoms with van der Waals surface area (Å²) in [7, 11) is 4.74. The largest absolute Gasteiger partial charge is 0.493 e. The van der Waals surface area contributed by atoms with E-state index in [1.54, 1.807) is 26.2 Å². The van der Waals surface area contributed by atoms with Crippen molar-refractivity contribution >= 4 is 11.9 Å². The van der Waals surface area contributed by atoms with E-state index in [1.165, 1.54) is 0 Å². The number of amides is 3. The maximum atomic E-state index is 12.9. The van der Waals surface area contributed by atoms with Crippen LogP contribution in [0.25, 0.3) is 0 Å². The average Bonchev–Trinajstić information content (AvgIpc) is 3.11. The molecule has 2 atom stereocenters. The zero-order chi connectivity index (χ0) is 21.6. The molecule has 3 amide bonds. The van der Waals surface area contributed by atoms with Gasteiger partial charge in [-0.3, -0.25) is 4.79 Å². The molecule has 162 valence electrons. The molecule has 0 aliphatic carbocycles. The Kier molecular flexibility index (Phi) is 7.73. The summed E-state index contributed by atoms with van der Waals surface area (Å²) in [5, 5.41) is 5.88. The number of benzene rings is 1. The third kappa shape index (κ3) is 5.76. The minimum absolute atomic E-state index is 0.108. The van der Waals surface area contributed by atoms with Gasteiger partial charge in [0.05, 0.1) is 26.7 Å². The maximum Gasteiger partial charge on any atom is 0.317 e. The normalized spacial score (nSPS) is 19.0. The highest BCUT2D eigenvalue weighted by molar-refractivity contribution is 5.83. The number of ether oxygens (including phenoxy) is 3. The second kappa shape index (κ2) is 9.82. The van der Waals surface area contributed by atoms with Crippen molar-refractivity contribution in [3.8, 4) is 11.5 Å². The Hall–Kier alpha value is -2.48. The smallest absolute Gasteiger partial charge is 0.317 e. The minimum atomic E-state index is -0.404. The van der Waals surface area contributed by atoms with Crippen LogP contribution in [0.2, 0.25) is 0 Å². The molecule has 1 saturated heterocycles. The number of nitrogens with one attached hydrogen (secondary N) is 2. The first kappa shape index (κ1) is 22.8. The van der Waals surface area contributed by atoms with Crippen LogP contribution in [0, 0.1) is 5.92 Å². The summed E-state index contributed by atoms with van der Waals surface area (Å²) in [6.45, 7) is 7.37. The first-order chi connectivity index (χ1) is 13.7. The van der Waals surface area contributed by atoms with Crippen molar-refractivity contribution in [1.29, 1.82) is 0 Å². The lowest BCUT2D eigenvalue weighted by atomic mass is 9.87. The number of carbonyl (C=O) groups excluding carboxylic acids is 2. The second-order valence-electron chi connectivity index (χ2n) is 8.16. The first-order valence-corrected chi connectivity index (χ1v) is 9.76. The molecular weight excluding hydrogens is 374 g/mol. The van der Waals surface area contributed by atoms with Crippen LogP contribution in [0.1, 0.15) is 32.3 Å². The predicted octanol–water partition coefficient (Wildman–Crippen LogP) is 1.99. The molecule has 1 aliphatic rings. The minimum Gasteiger partial charge on any atom is -0.493 e. The Morgan fingerprint density at radius 2 is 1.86 bits per heavy atom. The second-order valence-corrected chi connectivity index (χ2v) is 8.16. The zero-order valence-corrected chi connectivity index (χ0v) is 18.2. The van der Waals surface area contributed by atoms with Crippen LogP contribution >= 0.6 is 0 Å². The van der Waals surface area contributed by atoms with Gasteiger partial charge in [-0.2, -0.15) is 0 Å². The van der Waals surface area contributed by atoms with E-state index in [-0.39, 0.29) is 23.4 Å². The Morgan fingerprint density at radius 1 is 1.14 bits per heavy atom. The van der Waals surface area contributed by atoms with Gasteiger partial charge < -0.3 is 29.7 Å². The molecule has 8 heteroatoms. The molecule has 0 saturated carbocycles. The van der Waals surface area contributed by atoms with Crippen LogP contribution < -0.4 is 20.1 Å². The van der Waals surface area contributed by atoms with E-state index in [4.69, 9.17) is 14.2 Å². The molecule has 0 bridgehead atoms. The van der Waals surface area contributed by atoms with Gasteiger partial charge in [-0.05, 0) is 26.8 Å². The standard InChI is InChI=1S/C21H33N3O5/c1-21(2,3)23-20(26)24-12-15(16(13-24)19(25)22-10-11-27-4)14-8-7-9-17(28-5)18(14)29-6/h7-9,15-16H,10-13H2,1-6H3,(H,22,25)(H,23,26)/t15-,16+/m1/s1. The molecule has 8 nitrogen and oxygen atoms in total. The fourth-order valence-electron chi connectivity index (χ4n) is 3.56. The molecule has 0 aromatic heterocycles. The molecule has 0 unspecified atom stereocenters. The average molecular weight is 408 g/mol. The summed E-state index contributed by atoms with van der Waals surface area (Å²) in [4.78, 5) is 27.4. The first-order valence-electron chi connectivity index (χ1n) is 9.76. The Balaban J connectivity index is 2.33. The van der Waals surface area contributed by atoms with Crippen molar-refractivity contribution in [3.63, 3.8) is 0 Å². The molecule has 1 aromatic carbocycles. The van der Waals surface area contributed by atoms with Gasteiger partial charge in [0.2, 0.25) is 5.91 Å². The Morgan fingerprint density at radius 3 is 2.45 bits per heavy atom. The molecular formula is C21H33N3O5. The number of rotatable bonds is 7. The fourth-order valence-corrected chi connectivity index (χ4v) is 3.56. The summed E-state index contributed by atoms with van der Waals surface area (Å²) in [6, 6.07) is 5.42. The lowest BCUT2D eigenvalue weighted by Gasteiger charge is -2.25. The zero-order valence-electron chi connectivity index (χ0n) is 18.2. The van der Waals surface area contributed by atoms with Crippen molar-refractivity contribution < 1.29 is 23.8 Å². The highest BCUT2D eigenvalue weighted by Gasteiger charge is 2.42. The number of methoxy groups -OCH3 is 3. The van der Waals surface area contributed by atoms with Gasteiger partial charge in [-0.25, -0.2) is 4.79 Å². The van der Waals surface area contributed by atoms with E-state index >= 15 is 0 Å². The van der Waals surface area contributed by atoms with Crippen molar-refractivity contribution in [2.24, 2.45) is 5.92 Å². The highest BCUT2D eigenvalue weighted by atomic mass is 16.5. The van der Waals surface area contributed by atoms with Gasteiger partial charge in [-0.1, -0.05) is 12.1 Å². The monoisotopic (exact) mass is 407 g/mol. The number of urea groups is 1. The molecule has 0 radical (unpaired) electrons. The van der Waals surface area contributed by atoms with Crippen LogP contribution in [0.15, 0.2) is 18.2 Å². The van der Waals surface area contributed by atoms with Crippen molar-refractivity contribution in [2.45, 2.75) is 32.2 Å². The third-order valence-corrected chi connectivity index (χ3v) is 4.86. The number of para-hydroxylation sites is 1. The number of hydrogen-bond acceptors (Lipinski definition) is 5. The molecule has 2 rings (SSSR count). The van der Waals surface area contributed by atoms with E-state index in [0.29, 0.717) is 37.7 Å². The number of carbonyl (C=O) groups is 2. The third-order valence-electron chi connectivity index (χ3n) is 4.86. The van der Waals surface area contributed by atoms with Gasteiger partial charge in [0.25, 0.3) is 0 Å². The van der Waals surface area contributed by atoms with E-state index in [0.717, 1.165) is 5.56 Å². The van der Waals surface area contributed by atoms with Crippen LogP contribution in [-0.4, -0.2) is 69.9 Å². The lowest BCUT2D eigenvalue weighted by molar-refractivity contribution is -0.125. The van der Waals surface area contributed by atoms with E-state index in [2.05, 4.69) is 10.6 Å². The van der Waals surface area contributed by atoms with Crippen LogP contribution in [0.4, 0.5) is 4.79 Å². The summed E-state index contributed by atoms with van der Waals surface area (Å²) < 4.78 is 16.0. The Bertz CT molecular complexity index is 717. The van der Waals surface area contributed by atoms with Gasteiger partial charge >= 0.3 is 6.03 Å². The highest BCUT2D eigenvalue weighted by Crippen LogP contribution is 2.42. The lowest BCUT2D eigenvalue weighted by Crippen LogP contribution is -2.48. The molecule has 1 aromatic rings. The molecule has 1 fully saturated rings. The van der Waals surface area contributed by atoms with E-state index in [1.807, 2.05) is 39.0 Å². The van der Waals surface area contributed by atoms with Crippen molar-refractivity contribution in [1.82, 2.24) is 15.5 Å². The number of hydrogen-bond donors (Lipinski definition) is 2. The summed E-state index contributed by atoms with van der Waals surface area (Å²) in [5.41, 5.74) is 0.490. The molecule has 0 spiro atoms. The number of nitrogens with zero attached hydrogens (tertiary/aromatic N) is 1. The van der Waals surface area contributed by atoms with Crippen LogP contribution in [0.5, 0.6) is 11.5 Å². The quantitative estimate of drug-likeness (QED) is 0.675. The van der Waals surface area contributed by atoms with Crippen LogP contribution in [0.3, 0.4) is 0 Å². The van der Waals surface area contributed by atoms with Crippen LogP contribution in [-0.2, 0) is 9.53 Å². The van der Waals surface area contributed by atoms with Gasteiger partial charge in [0.1, 0.15) is 0 Å². The molecule has 29 heavy (non-hydrogen) atoms. The summed E-state index contributed by atoms with van der Waals surface area (Å²) >= 11 is 0. The van der Waals surface area contributed by atoms with Gasteiger partial charge in [0.15, 0.2) is 11.5 Å². The molecule has 1 heterocycles. The van der Waals surface area contributed by atoms with E-state index < -0.39 is 5.92 Å². The fraction of sp³-hybridized carbons (Fsp3) is 0.619. The molecule has 2 N–H and O–H groups in total. The van der Waals surface area contributed by atoms with Crippen molar-refractivity contribution in [2.75, 3.05) is 47.6 Å². The summed E-state index contributed by atoms with van der Waals surface area (Å²) in [5.74, 6) is 0.462. The Labute approximate surface area is 172 Å². The SMILES string of the molecule is COCCNC(=O)[C@H]1CN(C(=O)NC(C)(C)C)C[C@@H]1c1cccc(OC)c1OC. The summed E-state index contributed by atoms with van der Waals surface area (Å²) in [6.07, 6.45) is 0. The van der Waals surface area contributed by atoms with Crippen molar-refractivity contribution in [3.05, 3.63) is 23.8 Å².